The van der Waals surface area contributed by atoms with Crippen molar-refractivity contribution in [2.75, 3.05) is 13.1 Å². The minimum atomic E-state index is -0.199. The first-order chi connectivity index (χ1) is 9.24. The number of benzene rings is 1. The van der Waals surface area contributed by atoms with Crippen LogP contribution in [0.1, 0.15) is 28.6 Å². The molecule has 1 aromatic carbocycles. The Kier molecular flexibility index (Phi) is 5.13. The van der Waals surface area contributed by atoms with Gasteiger partial charge in [0.2, 0.25) is 0 Å². The Bertz CT molecular complexity index is 562. The van der Waals surface area contributed by atoms with Crippen molar-refractivity contribution in [2.45, 2.75) is 25.7 Å². The van der Waals surface area contributed by atoms with Crippen molar-refractivity contribution in [1.29, 1.82) is 0 Å². The zero-order valence-corrected chi connectivity index (χ0v) is 13.0. The van der Waals surface area contributed by atoms with E-state index in [0.717, 1.165) is 37.2 Å². The number of nitrogens with zero attached hydrogens (tertiary/aromatic N) is 1. The molecule has 1 N–H and O–H groups in total. The number of aromatic nitrogens is 1. The van der Waals surface area contributed by atoms with Gasteiger partial charge in [0.15, 0.2) is 0 Å². The monoisotopic (exact) mass is 312 g/mol. The molecule has 1 fully saturated rings. The zero-order valence-electron chi connectivity index (χ0n) is 11.4. The number of piperidine rings is 1. The first kappa shape index (κ1) is 15.4. The van der Waals surface area contributed by atoms with E-state index in [4.69, 9.17) is 4.98 Å². The minimum Gasteiger partial charge on any atom is -0.317 e. The Morgan fingerprint density at radius 3 is 2.50 bits per heavy atom. The summed E-state index contributed by atoms with van der Waals surface area (Å²) in [6, 6.07) is 6.61. The summed E-state index contributed by atoms with van der Waals surface area (Å²) in [6.07, 6.45) is 2.33. The molecular weight excluding hydrogens is 295 g/mol. The number of aryl methyl sites for hydroxylation is 1. The quantitative estimate of drug-likeness (QED) is 0.901. The molecule has 1 saturated heterocycles. The van der Waals surface area contributed by atoms with Gasteiger partial charge in [-0.05, 0) is 57.1 Å². The molecule has 0 aliphatic carbocycles. The van der Waals surface area contributed by atoms with Crippen LogP contribution in [-0.4, -0.2) is 18.1 Å². The number of nitrogens with one attached hydrogen (secondary N) is 1. The molecule has 2 aromatic rings. The summed E-state index contributed by atoms with van der Waals surface area (Å²) in [5.41, 5.74) is 2.02. The number of hydrogen-bond donors (Lipinski definition) is 1. The highest BCUT2D eigenvalue weighted by Crippen LogP contribution is 2.34. The first-order valence-corrected chi connectivity index (χ1v) is 7.49. The lowest BCUT2D eigenvalue weighted by Crippen LogP contribution is -2.26. The lowest BCUT2D eigenvalue weighted by molar-refractivity contribution is 0.459. The van der Waals surface area contributed by atoms with Crippen molar-refractivity contribution in [3.05, 3.63) is 40.0 Å². The van der Waals surface area contributed by atoms with Crippen LogP contribution >= 0.6 is 23.7 Å². The third kappa shape index (κ3) is 3.19. The summed E-state index contributed by atoms with van der Waals surface area (Å²) in [4.78, 5) is 6.02. The average Bonchev–Trinajstić information content (AvgIpc) is 2.83. The number of hydrogen-bond acceptors (Lipinski definition) is 3. The highest BCUT2D eigenvalue weighted by Gasteiger charge is 2.20. The lowest BCUT2D eigenvalue weighted by Gasteiger charge is -2.20. The van der Waals surface area contributed by atoms with Crippen LogP contribution in [0.4, 0.5) is 4.39 Å². The highest BCUT2D eigenvalue weighted by molar-refractivity contribution is 7.12. The summed E-state index contributed by atoms with van der Waals surface area (Å²) < 4.78 is 13.0. The fourth-order valence-corrected chi connectivity index (χ4v) is 3.65. The van der Waals surface area contributed by atoms with Crippen LogP contribution in [0.2, 0.25) is 0 Å². The lowest BCUT2D eigenvalue weighted by atomic mass is 9.99. The number of halogens is 2. The van der Waals surface area contributed by atoms with Crippen LogP contribution in [0.3, 0.4) is 0 Å². The molecule has 20 heavy (non-hydrogen) atoms. The smallest absolute Gasteiger partial charge is 0.123 e. The number of thiazole rings is 1. The van der Waals surface area contributed by atoms with Gasteiger partial charge in [-0.2, -0.15) is 0 Å². The van der Waals surface area contributed by atoms with Crippen molar-refractivity contribution in [2.24, 2.45) is 0 Å². The van der Waals surface area contributed by atoms with Crippen molar-refractivity contribution in [3.8, 4) is 11.3 Å². The van der Waals surface area contributed by atoms with Crippen molar-refractivity contribution >= 4 is 23.7 Å². The molecule has 2 heterocycles. The predicted molar refractivity (Wildman–Crippen MR) is 84.3 cm³/mol. The fraction of sp³-hybridized carbons (Fsp3) is 0.400. The largest absolute Gasteiger partial charge is 0.317 e. The molecule has 0 amide bonds. The maximum absolute atomic E-state index is 13.0. The van der Waals surface area contributed by atoms with E-state index < -0.39 is 0 Å². The molecule has 2 nitrogen and oxygen atoms in total. The molecule has 0 radical (unpaired) electrons. The molecule has 1 aliphatic heterocycles. The van der Waals surface area contributed by atoms with Crippen LogP contribution in [0.15, 0.2) is 24.3 Å². The van der Waals surface area contributed by atoms with Gasteiger partial charge in [-0.3, -0.25) is 0 Å². The maximum Gasteiger partial charge on any atom is 0.123 e. The highest BCUT2D eigenvalue weighted by atomic mass is 35.5. The van der Waals surface area contributed by atoms with Gasteiger partial charge in [0.1, 0.15) is 5.82 Å². The molecule has 1 aromatic heterocycles. The third-order valence-electron chi connectivity index (χ3n) is 3.62. The van der Waals surface area contributed by atoms with E-state index in [0.29, 0.717) is 5.92 Å². The van der Waals surface area contributed by atoms with Crippen LogP contribution in [0.5, 0.6) is 0 Å². The Morgan fingerprint density at radius 1 is 1.20 bits per heavy atom. The SMILES string of the molecule is Cc1sc(C2CCNCC2)nc1-c1ccc(F)cc1.Cl. The Balaban J connectivity index is 0.00000147. The molecule has 3 rings (SSSR count). The second-order valence-electron chi connectivity index (χ2n) is 4.99. The zero-order chi connectivity index (χ0) is 13.2. The van der Waals surface area contributed by atoms with Gasteiger partial charge in [0.25, 0.3) is 0 Å². The van der Waals surface area contributed by atoms with Gasteiger partial charge in [-0.15, -0.1) is 23.7 Å². The molecule has 0 spiro atoms. The van der Waals surface area contributed by atoms with E-state index in [2.05, 4.69) is 12.2 Å². The molecule has 0 saturated carbocycles. The summed E-state index contributed by atoms with van der Waals surface area (Å²) in [5, 5.41) is 4.61. The molecule has 0 unspecified atom stereocenters. The van der Waals surface area contributed by atoms with Crippen molar-refractivity contribution in [3.63, 3.8) is 0 Å². The normalized spacial score (nSPS) is 15.9. The van der Waals surface area contributed by atoms with Gasteiger partial charge in [0, 0.05) is 16.4 Å². The average molecular weight is 313 g/mol. The fourth-order valence-electron chi connectivity index (χ4n) is 2.54. The van der Waals surface area contributed by atoms with E-state index in [-0.39, 0.29) is 18.2 Å². The van der Waals surface area contributed by atoms with Crippen LogP contribution in [-0.2, 0) is 0 Å². The molecular formula is C15H18ClFN2S. The molecule has 5 heteroatoms. The molecule has 0 atom stereocenters. The Hall–Kier alpha value is -0.970. The van der Waals surface area contributed by atoms with Crippen LogP contribution < -0.4 is 5.32 Å². The first-order valence-electron chi connectivity index (χ1n) is 6.68. The third-order valence-corrected chi connectivity index (χ3v) is 4.75. The predicted octanol–water partition coefficient (Wildman–Crippen LogP) is 4.15. The van der Waals surface area contributed by atoms with E-state index >= 15 is 0 Å². The van der Waals surface area contributed by atoms with Gasteiger partial charge < -0.3 is 5.32 Å². The topological polar surface area (TPSA) is 24.9 Å². The molecule has 108 valence electrons. The van der Waals surface area contributed by atoms with Crippen LogP contribution in [0, 0.1) is 12.7 Å². The van der Waals surface area contributed by atoms with Gasteiger partial charge >= 0.3 is 0 Å². The van der Waals surface area contributed by atoms with Gasteiger partial charge in [0.05, 0.1) is 10.7 Å². The summed E-state index contributed by atoms with van der Waals surface area (Å²) >= 11 is 1.79. The van der Waals surface area contributed by atoms with Crippen molar-refractivity contribution < 1.29 is 4.39 Å². The summed E-state index contributed by atoms with van der Waals surface area (Å²) in [7, 11) is 0. The molecule has 1 aliphatic rings. The van der Waals surface area contributed by atoms with Gasteiger partial charge in [-0.1, -0.05) is 0 Å². The molecule has 0 bridgehead atoms. The summed E-state index contributed by atoms with van der Waals surface area (Å²) in [6.45, 7) is 4.26. The van der Waals surface area contributed by atoms with Gasteiger partial charge in [-0.25, -0.2) is 9.37 Å². The Labute approximate surface area is 128 Å². The van der Waals surface area contributed by atoms with Crippen molar-refractivity contribution in [1.82, 2.24) is 10.3 Å². The Morgan fingerprint density at radius 2 is 1.85 bits per heavy atom. The standard InChI is InChI=1S/C15H17FN2S.ClH/c1-10-14(11-2-4-13(16)5-3-11)18-15(19-10)12-6-8-17-9-7-12;/h2-5,12,17H,6-9H2,1H3;1H. The van der Waals surface area contributed by atoms with E-state index in [1.807, 2.05) is 12.1 Å². The second-order valence-corrected chi connectivity index (χ2v) is 6.22. The summed E-state index contributed by atoms with van der Waals surface area (Å²) in [5.74, 6) is 0.384. The maximum atomic E-state index is 13.0. The van der Waals surface area contributed by atoms with E-state index in [1.54, 1.807) is 11.3 Å². The van der Waals surface area contributed by atoms with E-state index in [1.165, 1.54) is 22.0 Å². The second kappa shape index (κ2) is 6.66. The number of rotatable bonds is 2. The minimum absolute atomic E-state index is 0. The van der Waals surface area contributed by atoms with E-state index in [9.17, 15) is 4.39 Å². The van der Waals surface area contributed by atoms with Crippen LogP contribution in [0.25, 0.3) is 11.3 Å².